The molecule has 0 bridgehead atoms. The van der Waals surface area contributed by atoms with Gasteiger partial charge in [-0.05, 0) is 30.2 Å². The Bertz CT molecular complexity index is 633. The first-order valence-electron chi connectivity index (χ1n) is 6.87. The maximum Gasteiger partial charge on any atom is 0.166 e. The molecule has 0 saturated carbocycles. The minimum absolute atomic E-state index is 0.177. The van der Waals surface area contributed by atoms with Crippen LogP contribution in [0.25, 0.3) is 0 Å². The molecule has 2 aromatic carbocycles. The zero-order valence-corrected chi connectivity index (χ0v) is 11.5. The first-order valence-corrected chi connectivity index (χ1v) is 6.87. The minimum atomic E-state index is -0.252. The average molecular weight is 288 g/mol. The van der Waals surface area contributed by atoms with Crippen LogP contribution in [-0.2, 0) is 6.42 Å². The van der Waals surface area contributed by atoms with Gasteiger partial charge < -0.3 is 9.47 Å². The van der Waals surface area contributed by atoms with Gasteiger partial charge in [0.25, 0.3) is 0 Å². The van der Waals surface area contributed by atoms with Crippen LogP contribution in [0.15, 0.2) is 42.5 Å². The average Bonchev–Trinajstić information content (AvgIpc) is 2.52. The predicted octanol–water partition coefficient (Wildman–Crippen LogP) is 2.34. The second kappa shape index (κ2) is 6.11. The van der Waals surface area contributed by atoms with Crippen molar-refractivity contribution in [1.29, 1.82) is 0 Å². The molecule has 2 aromatic rings. The number of ether oxygens (including phenoxy) is 2. The van der Waals surface area contributed by atoms with Crippen molar-refractivity contribution in [1.82, 2.24) is 5.43 Å². The van der Waals surface area contributed by atoms with Crippen LogP contribution in [0.3, 0.4) is 0 Å². The van der Waals surface area contributed by atoms with E-state index >= 15 is 0 Å². The predicted molar refractivity (Wildman–Crippen MR) is 77.6 cm³/mol. The third-order valence-electron chi connectivity index (χ3n) is 3.50. The van der Waals surface area contributed by atoms with Gasteiger partial charge in [0.05, 0.1) is 6.04 Å². The van der Waals surface area contributed by atoms with Crippen molar-refractivity contribution < 1.29 is 13.9 Å². The van der Waals surface area contributed by atoms with Crippen molar-refractivity contribution in [3.8, 4) is 11.5 Å². The number of hydrazine groups is 1. The normalized spacial score (nSPS) is 14.8. The van der Waals surface area contributed by atoms with Crippen LogP contribution in [0.2, 0.25) is 0 Å². The van der Waals surface area contributed by atoms with Gasteiger partial charge in [-0.25, -0.2) is 4.39 Å². The van der Waals surface area contributed by atoms with Crippen LogP contribution in [0.4, 0.5) is 4.39 Å². The minimum Gasteiger partial charge on any atom is -0.486 e. The second-order valence-electron chi connectivity index (χ2n) is 4.92. The second-order valence-corrected chi connectivity index (χ2v) is 4.92. The van der Waals surface area contributed by atoms with Gasteiger partial charge in [0, 0.05) is 5.56 Å². The Morgan fingerprint density at radius 3 is 2.76 bits per heavy atom. The number of nitrogens with two attached hydrogens (primary N) is 1. The van der Waals surface area contributed by atoms with Crippen molar-refractivity contribution in [3.05, 3.63) is 59.4 Å². The molecule has 0 spiro atoms. The highest BCUT2D eigenvalue weighted by molar-refractivity contribution is 5.49. The monoisotopic (exact) mass is 288 g/mol. The van der Waals surface area contributed by atoms with Gasteiger partial charge in [0.15, 0.2) is 11.5 Å². The SMILES string of the molecule is NNC(Cc1cccc(F)c1)c1cccc2c1OCCO2. The van der Waals surface area contributed by atoms with Gasteiger partial charge >= 0.3 is 0 Å². The lowest BCUT2D eigenvalue weighted by molar-refractivity contribution is 0.168. The smallest absolute Gasteiger partial charge is 0.166 e. The van der Waals surface area contributed by atoms with E-state index in [1.54, 1.807) is 6.07 Å². The number of hydrogen-bond donors (Lipinski definition) is 2. The van der Waals surface area contributed by atoms with Crippen molar-refractivity contribution in [3.63, 3.8) is 0 Å². The van der Waals surface area contributed by atoms with Crippen LogP contribution >= 0.6 is 0 Å². The lowest BCUT2D eigenvalue weighted by atomic mass is 9.98. The lowest BCUT2D eigenvalue weighted by Crippen LogP contribution is -2.30. The number of nitrogens with one attached hydrogen (secondary N) is 1. The van der Waals surface area contributed by atoms with Gasteiger partial charge in [0.2, 0.25) is 0 Å². The Labute approximate surface area is 122 Å². The van der Waals surface area contributed by atoms with Gasteiger partial charge in [-0.1, -0.05) is 24.3 Å². The molecule has 3 rings (SSSR count). The largest absolute Gasteiger partial charge is 0.486 e. The molecule has 110 valence electrons. The summed E-state index contributed by atoms with van der Waals surface area (Å²) in [5.41, 5.74) is 4.56. The molecule has 0 fully saturated rings. The first-order chi connectivity index (χ1) is 10.3. The summed E-state index contributed by atoms with van der Waals surface area (Å²) in [5, 5.41) is 0. The standard InChI is InChI=1S/C16H17FN2O2/c17-12-4-1-3-11(9-12)10-14(19-18)13-5-2-6-15-16(13)21-8-7-20-15/h1-6,9,14,19H,7-8,10,18H2. The molecule has 1 aliphatic rings. The van der Waals surface area contributed by atoms with Gasteiger partial charge in [-0.15, -0.1) is 0 Å². The maximum absolute atomic E-state index is 13.3. The number of hydrogen-bond acceptors (Lipinski definition) is 4. The summed E-state index contributed by atoms with van der Waals surface area (Å²) >= 11 is 0. The van der Waals surface area contributed by atoms with E-state index in [9.17, 15) is 4.39 Å². The Morgan fingerprint density at radius 1 is 1.14 bits per heavy atom. The molecule has 0 saturated heterocycles. The number of benzene rings is 2. The molecule has 5 heteroatoms. The number of fused-ring (bicyclic) bond motifs is 1. The number of rotatable bonds is 4. The summed E-state index contributed by atoms with van der Waals surface area (Å²) in [6.45, 7) is 1.06. The third kappa shape index (κ3) is 2.99. The summed E-state index contributed by atoms with van der Waals surface area (Å²) in [6.07, 6.45) is 0.564. The van der Waals surface area contributed by atoms with Gasteiger partial charge in [-0.3, -0.25) is 11.3 Å². The fraction of sp³-hybridized carbons (Fsp3) is 0.250. The highest BCUT2D eigenvalue weighted by atomic mass is 19.1. The molecule has 0 aromatic heterocycles. The van der Waals surface area contributed by atoms with Crippen molar-refractivity contribution in [2.24, 2.45) is 5.84 Å². The molecular formula is C16H17FN2O2. The van der Waals surface area contributed by atoms with Crippen LogP contribution in [0.1, 0.15) is 17.2 Å². The fourth-order valence-corrected chi connectivity index (χ4v) is 2.53. The zero-order valence-electron chi connectivity index (χ0n) is 11.5. The summed E-state index contributed by atoms with van der Waals surface area (Å²) in [6, 6.07) is 12.0. The summed E-state index contributed by atoms with van der Waals surface area (Å²) in [7, 11) is 0. The van der Waals surface area contributed by atoms with Crippen molar-refractivity contribution in [2.75, 3.05) is 13.2 Å². The molecule has 0 radical (unpaired) electrons. The van der Waals surface area contributed by atoms with Gasteiger partial charge in [-0.2, -0.15) is 0 Å². The Balaban J connectivity index is 1.90. The van der Waals surface area contributed by atoms with E-state index in [1.165, 1.54) is 12.1 Å². The molecule has 3 N–H and O–H groups in total. The van der Waals surface area contributed by atoms with Crippen LogP contribution in [0.5, 0.6) is 11.5 Å². The van der Waals surface area contributed by atoms with E-state index in [0.29, 0.717) is 25.4 Å². The molecule has 4 nitrogen and oxygen atoms in total. The van der Waals surface area contributed by atoms with E-state index < -0.39 is 0 Å². The van der Waals surface area contributed by atoms with E-state index in [1.807, 2.05) is 24.3 Å². The van der Waals surface area contributed by atoms with Crippen molar-refractivity contribution in [2.45, 2.75) is 12.5 Å². The molecular weight excluding hydrogens is 271 g/mol. The van der Waals surface area contributed by atoms with Crippen molar-refractivity contribution >= 4 is 0 Å². The van der Waals surface area contributed by atoms with Gasteiger partial charge in [0.1, 0.15) is 19.0 Å². The maximum atomic E-state index is 13.3. The molecule has 1 unspecified atom stereocenters. The van der Waals surface area contributed by atoms with E-state index in [0.717, 1.165) is 16.9 Å². The first kappa shape index (κ1) is 13.9. The van der Waals surface area contributed by atoms with E-state index in [-0.39, 0.29) is 11.9 Å². The number of halogens is 1. The van der Waals surface area contributed by atoms with E-state index in [2.05, 4.69) is 5.43 Å². The zero-order chi connectivity index (χ0) is 14.7. The van der Waals surface area contributed by atoms with Crippen LogP contribution in [0, 0.1) is 5.82 Å². The quantitative estimate of drug-likeness (QED) is 0.670. The summed E-state index contributed by atoms with van der Waals surface area (Å²) in [4.78, 5) is 0. The van der Waals surface area contributed by atoms with Crippen LogP contribution < -0.4 is 20.7 Å². The Morgan fingerprint density at radius 2 is 1.95 bits per heavy atom. The highest BCUT2D eigenvalue weighted by Crippen LogP contribution is 2.37. The highest BCUT2D eigenvalue weighted by Gasteiger charge is 2.21. The summed E-state index contributed by atoms with van der Waals surface area (Å²) in [5.74, 6) is 6.86. The Kier molecular flexibility index (Phi) is 4.03. The lowest BCUT2D eigenvalue weighted by Gasteiger charge is -2.25. The molecule has 1 aliphatic heterocycles. The molecule has 0 aliphatic carbocycles. The Hall–Kier alpha value is -2.11. The summed E-state index contributed by atoms with van der Waals surface area (Å²) < 4.78 is 24.6. The molecule has 1 atom stereocenters. The van der Waals surface area contributed by atoms with Crippen LogP contribution in [-0.4, -0.2) is 13.2 Å². The molecule has 21 heavy (non-hydrogen) atoms. The molecule has 1 heterocycles. The topological polar surface area (TPSA) is 56.5 Å². The van der Waals surface area contributed by atoms with E-state index in [4.69, 9.17) is 15.3 Å². The fourth-order valence-electron chi connectivity index (χ4n) is 2.53. The molecule has 0 amide bonds. The third-order valence-corrected chi connectivity index (χ3v) is 3.50. The number of para-hydroxylation sites is 1.